The summed E-state index contributed by atoms with van der Waals surface area (Å²) in [6.45, 7) is 2.30. The van der Waals surface area contributed by atoms with Gasteiger partial charge in [-0.2, -0.15) is 0 Å². The highest BCUT2D eigenvalue weighted by atomic mass is 16.3. The minimum Gasteiger partial charge on any atom is -0.508 e. The number of benzene rings is 2. The third-order valence-electron chi connectivity index (χ3n) is 11.0. The van der Waals surface area contributed by atoms with Crippen LogP contribution in [0.5, 0.6) is 11.5 Å². The van der Waals surface area contributed by atoms with E-state index in [0.29, 0.717) is 11.5 Å². The molecule has 2 N–H and O–H groups in total. The summed E-state index contributed by atoms with van der Waals surface area (Å²) in [6, 6.07) is 15.8. The van der Waals surface area contributed by atoms with E-state index < -0.39 is 0 Å². The molecule has 0 radical (unpaired) electrons. The van der Waals surface area contributed by atoms with Crippen molar-refractivity contribution in [2.45, 2.75) is 154 Å². The fourth-order valence-corrected chi connectivity index (χ4v) is 8.14. The molecule has 0 unspecified atom stereocenters. The summed E-state index contributed by atoms with van der Waals surface area (Å²) < 4.78 is 0. The number of hydrogen-bond acceptors (Lipinski definition) is 2. The van der Waals surface area contributed by atoms with Crippen molar-refractivity contribution in [3.63, 3.8) is 0 Å². The van der Waals surface area contributed by atoms with E-state index in [1.165, 1.54) is 140 Å². The second kappa shape index (κ2) is 17.2. The Bertz CT molecular complexity index is 899. The fraction of sp³-hybridized carbons (Fsp3) is 0.692. The molecule has 0 aliphatic heterocycles. The molecule has 0 saturated heterocycles. The maximum atomic E-state index is 9.88. The highest BCUT2D eigenvalue weighted by Gasteiger charge is 2.38. The summed E-state index contributed by atoms with van der Waals surface area (Å²) in [4.78, 5) is 0. The van der Waals surface area contributed by atoms with E-state index in [4.69, 9.17) is 0 Å². The van der Waals surface area contributed by atoms with Crippen LogP contribution in [0.3, 0.4) is 0 Å². The highest BCUT2D eigenvalue weighted by Crippen LogP contribution is 2.48. The van der Waals surface area contributed by atoms with Gasteiger partial charge in [0.2, 0.25) is 0 Å². The van der Waals surface area contributed by atoms with Crippen LogP contribution < -0.4 is 0 Å². The Morgan fingerprint density at radius 1 is 0.488 bits per heavy atom. The van der Waals surface area contributed by atoms with Gasteiger partial charge in [0.15, 0.2) is 0 Å². The van der Waals surface area contributed by atoms with Crippen LogP contribution in [0.2, 0.25) is 0 Å². The lowest BCUT2D eigenvalue weighted by atomic mass is 9.62. The van der Waals surface area contributed by atoms with Crippen LogP contribution in [0.15, 0.2) is 48.5 Å². The first-order valence-electron chi connectivity index (χ1n) is 17.7. The van der Waals surface area contributed by atoms with Gasteiger partial charge in [-0.05, 0) is 78.8 Å². The van der Waals surface area contributed by atoms with Crippen LogP contribution in [0.4, 0.5) is 0 Å². The van der Waals surface area contributed by atoms with E-state index in [1.54, 1.807) is 0 Å². The second-order valence-corrected chi connectivity index (χ2v) is 13.9. The van der Waals surface area contributed by atoms with E-state index in [-0.39, 0.29) is 5.41 Å². The molecule has 0 bridgehead atoms. The first-order valence-corrected chi connectivity index (χ1v) is 17.7. The maximum absolute atomic E-state index is 9.88. The van der Waals surface area contributed by atoms with Crippen molar-refractivity contribution in [1.29, 1.82) is 0 Å². The quantitative estimate of drug-likeness (QED) is 0.189. The normalized spacial score (nSPS) is 21.2. The van der Waals surface area contributed by atoms with Gasteiger partial charge in [-0.1, -0.05) is 147 Å². The van der Waals surface area contributed by atoms with E-state index in [2.05, 4.69) is 31.2 Å². The van der Waals surface area contributed by atoms with Crippen molar-refractivity contribution < 1.29 is 10.2 Å². The largest absolute Gasteiger partial charge is 0.508 e. The zero-order chi connectivity index (χ0) is 28.8. The number of aromatic hydroxyl groups is 2. The molecule has 2 heteroatoms. The summed E-state index contributed by atoms with van der Waals surface area (Å²) in [5.41, 5.74) is 2.59. The molecule has 41 heavy (non-hydrogen) atoms. The predicted octanol–water partition coefficient (Wildman–Crippen LogP) is 11.9. The molecule has 2 fully saturated rings. The summed E-state index contributed by atoms with van der Waals surface area (Å²) in [7, 11) is 0. The van der Waals surface area contributed by atoms with Crippen LogP contribution in [-0.2, 0) is 5.41 Å². The van der Waals surface area contributed by atoms with Gasteiger partial charge in [-0.3, -0.25) is 0 Å². The molecule has 0 heterocycles. The minimum absolute atomic E-state index is 0.00972. The molecule has 228 valence electrons. The number of rotatable bonds is 17. The van der Waals surface area contributed by atoms with Gasteiger partial charge in [0.25, 0.3) is 0 Å². The van der Waals surface area contributed by atoms with Crippen molar-refractivity contribution in [1.82, 2.24) is 0 Å². The first-order chi connectivity index (χ1) is 20.1. The minimum atomic E-state index is -0.00972. The lowest BCUT2D eigenvalue weighted by molar-refractivity contribution is 0.208. The van der Waals surface area contributed by atoms with Gasteiger partial charge in [-0.25, -0.2) is 0 Å². The average Bonchev–Trinajstić information content (AvgIpc) is 3.00. The third kappa shape index (κ3) is 10.1. The standard InChI is InChI=1S/C39H60O2/c1-2-3-4-5-6-7-8-9-10-11-12-13-32-14-16-33(17-15-32)18-19-34-28-30-39(31-29-34,35-20-24-37(40)25-21-35)36-22-26-38(41)27-23-36/h20-27,32-34,40-41H,2-19,28-31H2,1H3/t32-,33-. The van der Waals surface area contributed by atoms with E-state index >= 15 is 0 Å². The van der Waals surface area contributed by atoms with Crippen LogP contribution >= 0.6 is 0 Å². The highest BCUT2D eigenvalue weighted by molar-refractivity contribution is 5.43. The molecule has 2 aliphatic carbocycles. The van der Waals surface area contributed by atoms with Crippen molar-refractivity contribution in [3.8, 4) is 11.5 Å². The van der Waals surface area contributed by atoms with Gasteiger partial charge < -0.3 is 10.2 Å². The number of unbranched alkanes of at least 4 members (excludes halogenated alkanes) is 10. The molecule has 2 nitrogen and oxygen atoms in total. The van der Waals surface area contributed by atoms with Gasteiger partial charge in [0.1, 0.15) is 11.5 Å². The van der Waals surface area contributed by atoms with Gasteiger partial charge in [0, 0.05) is 5.41 Å². The van der Waals surface area contributed by atoms with Crippen LogP contribution in [0.1, 0.15) is 159 Å². The number of phenolic OH excluding ortho intramolecular Hbond substituents is 2. The first kappa shape index (κ1) is 32.0. The second-order valence-electron chi connectivity index (χ2n) is 13.9. The summed E-state index contributed by atoms with van der Waals surface area (Å²) in [6.07, 6.45) is 31.0. The maximum Gasteiger partial charge on any atom is 0.115 e. The monoisotopic (exact) mass is 560 g/mol. The Morgan fingerprint density at radius 3 is 1.29 bits per heavy atom. The lowest BCUT2D eigenvalue weighted by Crippen LogP contribution is -2.33. The molecular weight excluding hydrogens is 500 g/mol. The van der Waals surface area contributed by atoms with Crippen molar-refractivity contribution in [3.05, 3.63) is 59.7 Å². The van der Waals surface area contributed by atoms with Crippen molar-refractivity contribution in [2.24, 2.45) is 17.8 Å². The zero-order valence-corrected chi connectivity index (χ0v) is 26.3. The smallest absolute Gasteiger partial charge is 0.115 e. The summed E-state index contributed by atoms with van der Waals surface area (Å²) >= 11 is 0. The Labute approximate surface area is 252 Å². The predicted molar refractivity (Wildman–Crippen MR) is 175 cm³/mol. The van der Waals surface area contributed by atoms with Crippen LogP contribution in [-0.4, -0.2) is 10.2 Å². The molecule has 0 aromatic heterocycles. The van der Waals surface area contributed by atoms with E-state index in [9.17, 15) is 10.2 Å². The molecule has 2 saturated carbocycles. The van der Waals surface area contributed by atoms with Gasteiger partial charge in [0.05, 0.1) is 0 Å². The topological polar surface area (TPSA) is 40.5 Å². The van der Waals surface area contributed by atoms with Gasteiger partial charge in [-0.15, -0.1) is 0 Å². The Balaban J connectivity index is 1.10. The Kier molecular flexibility index (Phi) is 13.4. The zero-order valence-electron chi connectivity index (χ0n) is 26.3. The average molecular weight is 561 g/mol. The fourth-order valence-electron chi connectivity index (χ4n) is 8.14. The summed E-state index contributed by atoms with van der Waals surface area (Å²) in [5.74, 6) is 3.47. The molecule has 2 aromatic carbocycles. The number of hydrogen-bond donors (Lipinski definition) is 2. The van der Waals surface area contributed by atoms with Gasteiger partial charge >= 0.3 is 0 Å². The molecule has 0 atom stereocenters. The summed E-state index contributed by atoms with van der Waals surface area (Å²) in [5, 5.41) is 19.8. The number of phenols is 2. The molecule has 0 spiro atoms. The van der Waals surface area contributed by atoms with Crippen LogP contribution in [0.25, 0.3) is 0 Å². The van der Waals surface area contributed by atoms with Crippen molar-refractivity contribution >= 4 is 0 Å². The molecule has 0 amide bonds. The third-order valence-corrected chi connectivity index (χ3v) is 11.0. The van der Waals surface area contributed by atoms with E-state index in [0.717, 1.165) is 30.6 Å². The Hall–Kier alpha value is -1.96. The molecule has 4 rings (SSSR count). The SMILES string of the molecule is CCCCCCCCCCCCC[C@H]1CC[C@H](CCC2CCC(c3ccc(O)cc3)(c3ccc(O)cc3)CC2)CC1. The molecule has 2 aliphatic rings. The lowest BCUT2D eigenvalue weighted by Gasteiger charge is -2.42. The molecule has 2 aromatic rings. The molecular formula is C39H60O2. The van der Waals surface area contributed by atoms with E-state index in [1.807, 2.05) is 24.3 Å². The van der Waals surface area contributed by atoms with Crippen LogP contribution in [0, 0.1) is 17.8 Å². The Morgan fingerprint density at radius 2 is 0.854 bits per heavy atom. The van der Waals surface area contributed by atoms with Crippen molar-refractivity contribution in [2.75, 3.05) is 0 Å².